The standard InChI is InChI=1S/C23H27N5O/c1-18-13-19(2)28(25-18)17-20-5-3-7-22(14-20)23(29)27-11-9-26(10-12-27)16-21-6-4-8-24-15-21/h3-8,13-15H,9-12,16-17H2,1-2H3. The van der Waals surface area contributed by atoms with Gasteiger partial charge in [0, 0.05) is 56.4 Å². The van der Waals surface area contributed by atoms with Gasteiger partial charge in [-0.2, -0.15) is 5.10 Å². The molecule has 1 amide bonds. The third-order valence-electron chi connectivity index (χ3n) is 5.40. The largest absolute Gasteiger partial charge is 0.336 e. The van der Waals surface area contributed by atoms with E-state index in [1.165, 1.54) is 5.56 Å². The number of rotatable bonds is 5. The van der Waals surface area contributed by atoms with Gasteiger partial charge in [-0.25, -0.2) is 0 Å². The molecule has 3 aromatic rings. The monoisotopic (exact) mass is 389 g/mol. The van der Waals surface area contributed by atoms with Crippen LogP contribution in [0.1, 0.15) is 32.9 Å². The summed E-state index contributed by atoms with van der Waals surface area (Å²) in [5, 5.41) is 4.52. The Morgan fingerprint density at radius 2 is 1.76 bits per heavy atom. The van der Waals surface area contributed by atoms with E-state index in [1.54, 1.807) is 6.20 Å². The Hall–Kier alpha value is -2.99. The van der Waals surface area contributed by atoms with Crippen LogP contribution in [0.2, 0.25) is 0 Å². The van der Waals surface area contributed by atoms with Crippen LogP contribution < -0.4 is 0 Å². The summed E-state index contributed by atoms with van der Waals surface area (Å²) in [7, 11) is 0. The summed E-state index contributed by atoms with van der Waals surface area (Å²) in [4.78, 5) is 21.5. The summed E-state index contributed by atoms with van der Waals surface area (Å²) < 4.78 is 1.98. The third kappa shape index (κ3) is 4.71. The Balaban J connectivity index is 1.37. The first-order valence-electron chi connectivity index (χ1n) is 10.1. The van der Waals surface area contributed by atoms with Gasteiger partial charge < -0.3 is 4.90 Å². The number of aryl methyl sites for hydroxylation is 2. The van der Waals surface area contributed by atoms with E-state index in [4.69, 9.17) is 0 Å². The van der Waals surface area contributed by atoms with Gasteiger partial charge in [0.25, 0.3) is 5.91 Å². The van der Waals surface area contributed by atoms with Crippen LogP contribution in [0.25, 0.3) is 0 Å². The number of carbonyl (C=O) groups is 1. The predicted octanol–water partition coefficient (Wildman–Crippen LogP) is 2.90. The zero-order valence-electron chi connectivity index (χ0n) is 17.1. The van der Waals surface area contributed by atoms with Crippen molar-refractivity contribution in [2.24, 2.45) is 0 Å². The van der Waals surface area contributed by atoms with E-state index in [1.807, 2.05) is 47.0 Å². The SMILES string of the molecule is Cc1cc(C)n(Cc2cccc(C(=O)N3CCN(Cc4cccnc4)CC3)c2)n1. The van der Waals surface area contributed by atoms with E-state index >= 15 is 0 Å². The van der Waals surface area contributed by atoms with E-state index in [0.29, 0.717) is 6.54 Å². The molecule has 0 atom stereocenters. The molecule has 2 aromatic heterocycles. The number of hydrogen-bond acceptors (Lipinski definition) is 4. The van der Waals surface area contributed by atoms with E-state index in [9.17, 15) is 4.79 Å². The molecule has 1 aliphatic heterocycles. The quantitative estimate of drug-likeness (QED) is 0.673. The Kier molecular flexibility index (Phi) is 5.71. The van der Waals surface area contributed by atoms with Gasteiger partial charge in [0.05, 0.1) is 12.2 Å². The highest BCUT2D eigenvalue weighted by Gasteiger charge is 2.22. The second-order valence-corrected chi connectivity index (χ2v) is 7.71. The van der Waals surface area contributed by atoms with Gasteiger partial charge in [-0.15, -0.1) is 0 Å². The average Bonchev–Trinajstić information content (AvgIpc) is 3.05. The molecule has 0 saturated carbocycles. The Morgan fingerprint density at radius 3 is 2.45 bits per heavy atom. The van der Waals surface area contributed by atoms with E-state index < -0.39 is 0 Å². The second-order valence-electron chi connectivity index (χ2n) is 7.71. The molecule has 1 fully saturated rings. The zero-order chi connectivity index (χ0) is 20.2. The first kappa shape index (κ1) is 19.3. The molecular weight excluding hydrogens is 362 g/mol. The predicted molar refractivity (Wildman–Crippen MR) is 113 cm³/mol. The van der Waals surface area contributed by atoms with Crippen molar-refractivity contribution in [2.45, 2.75) is 26.9 Å². The molecule has 4 rings (SSSR count). The fraction of sp³-hybridized carbons (Fsp3) is 0.348. The lowest BCUT2D eigenvalue weighted by molar-refractivity contribution is 0.0628. The fourth-order valence-electron chi connectivity index (χ4n) is 3.85. The number of aromatic nitrogens is 3. The molecule has 1 saturated heterocycles. The molecule has 0 radical (unpaired) electrons. The summed E-state index contributed by atoms with van der Waals surface area (Å²) in [6, 6.07) is 14.1. The smallest absolute Gasteiger partial charge is 0.253 e. The normalized spacial score (nSPS) is 14.9. The van der Waals surface area contributed by atoms with Crippen LogP contribution in [0.5, 0.6) is 0 Å². The Labute approximate surface area is 171 Å². The molecule has 1 aliphatic rings. The molecule has 0 spiro atoms. The minimum Gasteiger partial charge on any atom is -0.336 e. The maximum absolute atomic E-state index is 13.0. The molecular formula is C23H27N5O. The van der Waals surface area contributed by atoms with Crippen LogP contribution in [0.15, 0.2) is 54.9 Å². The van der Waals surface area contributed by atoms with Gasteiger partial charge >= 0.3 is 0 Å². The molecule has 0 N–H and O–H groups in total. The second kappa shape index (κ2) is 8.57. The van der Waals surface area contributed by atoms with Gasteiger partial charge in [-0.1, -0.05) is 18.2 Å². The maximum atomic E-state index is 13.0. The maximum Gasteiger partial charge on any atom is 0.253 e. The summed E-state index contributed by atoms with van der Waals surface area (Å²) in [5.74, 6) is 0.112. The number of amides is 1. The lowest BCUT2D eigenvalue weighted by atomic mass is 10.1. The number of pyridine rings is 1. The fourth-order valence-corrected chi connectivity index (χ4v) is 3.85. The number of nitrogens with zero attached hydrogens (tertiary/aromatic N) is 5. The van der Waals surface area contributed by atoms with Crippen molar-refractivity contribution in [3.8, 4) is 0 Å². The van der Waals surface area contributed by atoms with Gasteiger partial charge in [0.2, 0.25) is 0 Å². The first-order valence-corrected chi connectivity index (χ1v) is 10.1. The van der Waals surface area contributed by atoms with Crippen molar-refractivity contribution in [1.82, 2.24) is 24.6 Å². The number of carbonyl (C=O) groups excluding carboxylic acids is 1. The van der Waals surface area contributed by atoms with Crippen molar-refractivity contribution in [3.05, 3.63) is 82.9 Å². The minimum absolute atomic E-state index is 0.112. The zero-order valence-corrected chi connectivity index (χ0v) is 17.1. The van der Waals surface area contributed by atoms with Gasteiger partial charge in [0.1, 0.15) is 0 Å². The van der Waals surface area contributed by atoms with Crippen LogP contribution in [-0.2, 0) is 13.1 Å². The molecule has 150 valence electrons. The Bertz CT molecular complexity index is 974. The van der Waals surface area contributed by atoms with Crippen molar-refractivity contribution in [3.63, 3.8) is 0 Å². The highest BCUT2D eigenvalue weighted by Crippen LogP contribution is 2.14. The van der Waals surface area contributed by atoms with E-state index in [-0.39, 0.29) is 5.91 Å². The number of piperazine rings is 1. The van der Waals surface area contributed by atoms with Crippen LogP contribution >= 0.6 is 0 Å². The lowest BCUT2D eigenvalue weighted by Crippen LogP contribution is -2.48. The van der Waals surface area contributed by atoms with Crippen molar-refractivity contribution >= 4 is 5.91 Å². The van der Waals surface area contributed by atoms with Crippen LogP contribution in [-0.4, -0.2) is 56.7 Å². The summed E-state index contributed by atoms with van der Waals surface area (Å²) >= 11 is 0. The molecule has 3 heterocycles. The van der Waals surface area contributed by atoms with Gasteiger partial charge in [-0.05, 0) is 49.2 Å². The van der Waals surface area contributed by atoms with Crippen molar-refractivity contribution < 1.29 is 4.79 Å². The molecule has 29 heavy (non-hydrogen) atoms. The highest BCUT2D eigenvalue weighted by atomic mass is 16.2. The molecule has 0 bridgehead atoms. The van der Waals surface area contributed by atoms with Crippen molar-refractivity contribution in [2.75, 3.05) is 26.2 Å². The summed E-state index contributed by atoms with van der Waals surface area (Å²) in [6.45, 7) is 8.88. The number of benzene rings is 1. The number of hydrogen-bond donors (Lipinski definition) is 0. The van der Waals surface area contributed by atoms with Crippen LogP contribution in [0.3, 0.4) is 0 Å². The lowest BCUT2D eigenvalue weighted by Gasteiger charge is -2.34. The van der Waals surface area contributed by atoms with Gasteiger partial charge in [-0.3, -0.25) is 19.4 Å². The minimum atomic E-state index is 0.112. The van der Waals surface area contributed by atoms with E-state index in [0.717, 1.165) is 55.2 Å². The summed E-state index contributed by atoms with van der Waals surface area (Å²) in [5.41, 5.74) is 5.20. The van der Waals surface area contributed by atoms with Gasteiger partial charge in [0.15, 0.2) is 0 Å². The topological polar surface area (TPSA) is 54.3 Å². The highest BCUT2D eigenvalue weighted by molar-refractivity contribution is 5.94. The molecule has 6 heteroatoms. The van der Waals surface area contributed by atoms with Crippen LogP contribution in [0, 0.1) is 13.8 Å². The van der Waals surface area contributed by atoms with E-state index in [2.05, 4.69) is 40.1 Å². The average molecular weight is 390 g/mol. The van der Waals surface area contributed by atoms with Crippen molar-refractivity contribution in [1.29, 1.82) is 0 Å². The van der Waals surface area contributed by atoms with Crippen LogP contribution in [0.4, 0.5) is 0 Å². The Morgan fingerprint density at radius 1 is 0.966 bits per heavy atom. The first-order chi connectivity index (χ1) is 14.1. The third-order valence-corrected chi connectivity index (χ3v) is 5.40. The molecule has 0 aliphatic carbocycles. The molecule has 1 aromatic carbocycles. The molecule has 6 nitrogen and oxygen atoms in total. The summed E-state index contributed by atoms with van der Waals surface area (Å²) in [6.07, 6.45) is 3.70. The molecule has 0 unspecified atom stereocenters.